The van der Waals surface area contributed by atoms with Crippen LogP contribution in [0.2, 0.25) is 0 Å². The lowest BCUT2D eigenvalue weighted by atomic mass is 10.1. The van der Waals surface area contributed by atoms with Gasteiger partial charge in [0.25, 0.3) is 0 Å². The molecule has 134 valence electrons. The largest absolute Gasteiger partial charge is 0.481 e. The zero-order chi connectivity index (χ0) is 18.7. The number of rotatable bonds is 6. The molecule has 0 radical (unpaired) electrons. The van der Waals surface area contributed by atoms with Crippen molar-refractivity contribution in [2.45, 2.75) is 26.7 Å². The second-order valence-electron chi connectivity index (χ2n) is 5.83. The first-order chi connectivity index (χ1) is 12.5. The third kappa shape index (κ3) is 4.28. The summed E-state index contributed by atoms with van der Waals surface area (Å²) in [6, 6.07) is 9.38. The summed E-state index contributed by atoms with van der Waals surface area (Å²) in [4.78, 5) is 21.2. The Hall–Kier alpha value is -2.25. The van der Waals surface area contributed by atoms with Crippen molar-refractivity contribution in [1.29, 1.82) is 0 Å². The van der Waals surface area contributed by atoms with E-state index in [0.717, 1.165) is 44.1 Å². The highest BCUT2D eigenvalue weighted by atomic mass is 79.9. The second-order valence-corrected chi connectivity index (χ2v) is 7.66. The highest BCUT2D eigenvalue weighted by molar-refractivity contribution is 9.10. The molecule has 3 aromatic rings. The van der Waals surface area contributed by atoms with Crippen molar-refractivity contribution in [2.75, 3.05) is 5.32 Å². The molecule has 0 spiro atoms. The predicted octanol–water partition coefficient (Wildman–Crippen LogP) is 5.21. The molecule has 2 heterocycles. The number of thiophene rings is 1. The molecule has 0 aliphatic rings. The average molecular weight is 432 g/mol. The summed E-state index contributed by atoms with van der Waals surface area (Å²) in [5, 5.41) is 14.2. The van der Waals surface area contributed by atoms with Gasteiger partial charge in [0, 0.05) is 26.8 Å². The number of anilines is 2. The van der Waals surface area contributed by atoms with Crippen LogP contribution in [0.3, 0.4) is 0 Å². The lowest BCUT2D eigenvalue weighted by molar-refractivity contribution is -0.136. The average Bonchev–Trinajstić information content (AvgIpc) is 3.02. The standard InChI is InChI=1S/C19H18BrN3O2S/c1-3-15-11(2)21-19(16-9-13(20)10-26-16)23-18(15)22-14-6-4-12(5-7-14)8-17(24)25/h4-7,9-10H,3,8H2,1-2H3,(H,24,25)(H,21,22,23). The van der Waals surface area contributed by atoms with Crippen LogP contribution in [-0.4, -0.2) is 21.0 Å². The summed E-state index contributed by atoms with van der Waals surface area (Å²) in [5.41, 5.74) is 3.65. The summed E-state index contributed by atoms with van der Waals surface area (Å²) >= 11 is 5.06. The number of aryl methyl sites for hydroxylation is 1. The molecule has 0 fully saturated rings. The molecule has 5 nitrogen and oxygen atoms in total. The van der Waals surface area contributed by atoms with E-state index < -0.39 is 5.97 Å². The molecule has 1 aromatic carbocycles. The number of aromatic nitrogens is 2. The normalized spacial score (nSPS) is 10.7. The first kappa shape index (κ1) is 18.5. The topological polar surface area (TPSA) is 75.1 Å². The Kier molecular flexibility index (Phi) is 5.68. The second kappa shape index (κ2) is 7.97. The minimum absolute atomic E-state index is 0.0184. The quantitative estimate of drug-likeness (QED) is 0.560. The van der Waals surface area contributed by atoms with Crippen LogP contribution in [0.4, 0.5) is 11.5 Å². The maximum Gasteiger partial charge on any atom is 0.307 e. The number of nitrogens with zero attached hydrogens (tertiary/aromatic N) is 2. The zero-order valence-corrected chi connectivity index (χ0v) is 16.8. The van der Waals surface area contributed by atoms with Gasteiger partial charge in [-0.2, -0.15) is 0 Å². The third-order valence-electron chi connectivity index (χ3n) is 3.93. The SMILES string of the molecule is CCc1c(C)nc(-c2cc(Br)cs2)nc1Nc1ccc(CC(=O)O)cc1. The number of nitrogens with one attached hydrogen (secondary N) is 1. The number of carboxylic acid groups (broad SMARTS) is 1. The summed E-state index contributed by atoms with van der Waals surface area (Å²) in [5.74, 6) is 0.642. The molecule has 0 bridgehead atoms. The molecule has 3 rings (SSSR count). The highest BCUT2D eigenvalue weighted by Crippen LogP contribution is 2.31. The van der Waals surface area contributed by atoms with Gasteiger partial charge in [0.2, 0.25) is 0 Å². The van der Waals surface area contributed by atoms with Gasteiger partial charge in [0.05, 0.1) is 11.3 Å². The fraction of sp³-hybridized carbons (Fsp3) is 0.211. The van der Waals surface area contributed by atoms with Crippen LogP contribution in [-0.2, 0) is 17.6 Å². The van der Waals surface area contributed by atoms with Crippen LogP contribution < -0.4 is 5.32 Å². The molecule has 0 atom stereocenters. The molecule has 0 saturated heterocycles. The van der Waals surface area contributed by atoms with Crippen LogP contribution in [0.25, 0.3) is 10.7 Å². The minimum atomic E-state index is -0.836. The molecule has 0 aliphatic carbocycles. The van der Waals surface area contributed by atoms with Crippen molar-refractivity contribution in [1.82, 2.24) is 9.97 Å². The molecular formula is C19H18BrN3O2S. The van der Waals surface area contributed by atoms with Crippen LogP contribution in [0.1, 0.15) is 23.7 Å². The fourth-order valence-electron chi connectivity index (χ4n) is 2.68. The molecule has 0 saturated carbocycles. The number of aliphatic carboxylic acids is 1. The molecule has 2 N–H and O–H groups in total. The van der Waals surface area contributed by atoms with E-state index in [1.807, 2.05) is 42.6 Å². The zero-order valence-electron chi connectivity index (χ0n) is 14.4. The van der Waals surface area contributed by atoms with Crippen LogP contribution >= 0.6 is 27.3 Å². The van der Waals surface area contributed by atoms with E-state index in [2.05, 4.69) is 33.2 Å². The van der Waals surface area contributed by atoms with Crippen molar-refractivity contribution in [2.24, 2.45) is 0 Å². The number of hydrogen-bond donors (Lipinski definition) is 2. The molecule has 0 unspecified atom stereocenters. The Bertz CT molecular complexity index is 938. The van der Waals surface area contributed by atoms with E-state index >= 15 is 0 Å². The van der Waals surface area contributed by atoms with Gasteiger partial charge in [-0.15, -0.1) is 11.3 Å². The van der Waals surface area contributed by atoms with Gasteiger partial charge in [-0.1, -0.05) is 19.1 Å². The molecule has 0 amide bonds. The van der Waals surface area contributed by atoms with E-state index in [9.17, 15) is 4.79 Å². The summed E-state index contributed by atoms with van der Waals surface area (Å²) < 4.78 is 1.02. The van der Waals surface area contributed by atoms with Gasteiger partial charge in [-0.05, 0) is 53.0 Å². The lowest BCUT2D eigenvalue weighted by Gasteiger charge is -2.14. The Morgan fingerprint density at radius 1 is 1.27 bits per heavy atom. The van der Waals surface area contributed by atoms with Crippen molar-refractivity contribution in [3.63, 3.8) is 0 Å². The summed E-state index contributed by atoms with van der Waals surface area (Å²) in [6.45, 7) is 4.07. The van der Waals surface area contributed by atoms with Crippen LogP contribution in [0.5, 0.6) is 0 Å². The minimum Gasteiger partial charge on any atom is -0.481 e. The highest BCUT2D eigenvalue weighted by Gasteiger charge is 2.13. The maximum absolute atomic E-state index is 10.8. The first-order valence-electron chi connectivity index (χ1n) is 8.16. The number of benzene rings is 1. The van der Waals surface area contributed by atoms with Gasteiger partial charge in [0.15, 0.2) is 5.82 Å². The van der Waals surface area contributed by atoms with Gasteiger partial charge in [0.1, 0.15) is 5.82 Å². The first-order valence-corrected chi connectivity index (χ1v) is 9.83. The molecular weight excluding hydrogens is 414 g/mol. The maximum atomic E-state index is 10.8. The van der Waals surface area contributed by atoms with Crippen molar-refractivity contribution < 1.29 is 9.90 Å². The Morgan fingerprint density at radius 2 is 2.00 bits per heavy atom. The van der Waals surface area contributed by atoms with E-state index in [-0.39, 0.29) is 6.42 Å². The van der Waals surface area contributed by atoms with Crippen molar-refractivity contribution >= 4 is 44.7 Å². The molecule has 0 aliphatic heterocycles. The van der Waals surface area contributed by atoms with Gasteiger partial charge in [-0.3, -0.25) is 4.79 Å². The number of halogens is 1. The van der Waals surface area contributed by atoms with E-state index in [1.54, 1.807) is 11.3 Å². The Labute approximate surface area is 164 Å². The van der Waals surface area contributed by atoms with Crippen molar-refractivity contribution in [3.05, 3.63) is 57.0 Å². The van der Waals surface area contributed by atoms with E-state index in [0.29, 0.717) is 5.82 Å². The van der Waals surface area contributed by atoms with Crippen LogP contribution in [0, 0.1) is 6.92 Å². The monoisotopic (exact) mass is 431 g/mol. The number of hydrogen-bond acceptors (Lipinski definition) is 5. The van der Waals surface area contributed by atoms with Gasteiger partial charge >= 0.3 is 5.97 Å². The predicted molar refractivity (Wildman–Crippen MR) is 108 cm³/mol. The lowest BCUT2D eigenvalue weighted by Crippen LogP contribution is -2.05. The third-order valence-corrected chi connectivity index (χ3v) is 5.61. The van der Waals surface area contributed by atoms with Crippen LogP contribution in [0.15, 0.2) is 40.2 Å². The molecule has 2 aromatic heterocycles. The van der Waals surface area contributed by atoms with Gasteiger partial charge < -0.3 is 10.4 Å². The summed E-state index contributed by atoms with van der Waals surface area (Å²) in [7, 11) is 0. The fourth-order valence-corrected chi connectivity index (χ4v) is 4.04. The smallest absolute Gasteiger partial charge is 0.307 e. The molecule has 26 heavy (non-hydrogen) atoms. The number of carbonyl (C=O) groups is 1. The summed E-state index contributed by atoms with van der Waals surface area (Å²) in [6.07, 6.45) is 0.837. The Morgan fingerprint density at radius 3 is 2.58 bits per heavy atom. The van der Waals surface area contributed by atoms with Gasteiger partial charge in [-0.25, -0.2) is 9.97 Å². The van der Waals surface area contributed by atoms with E-state index in [4.69, 9.17) is 10.1 Å². The number of carboxylic acids is 1. The molecule has 7 heteroatoms. The van der Waals surface area contributed by atoms with Crippen molar-refractivity contribution in [3.8, 4) is 10.7 Å². The van der Waals surface area contributed by atoms with E-state index in [1.165, 1.54) is 0 Å². The Balaban J connectivity index is 1.92.